The maximum absolute atomic E-state index is 13.6. The minimum absolute atomic E-state index is 0.0807. The van der Waals surface area contributed by atoms with E-state index in [2.05, 4.69) is 5.10 Å². The molecule has 0 aliphatic heterocycles. The quantitative estimate of drug-likeness (QED) is 0.868. The van der Waals surface area contributed by atoms with Gasteiger partial charge in [-0.15, -0.1) is 0 Å². The number of alkyl halides is 4. The topological polar surface area (TPSA) is 60.9 Å². The third-order valence-electron chi connectivity index (χ3n) is 5.02. The van der Waals surface area contributed by atoms with E-state index in [0.717, 1.165) is 4.68 Å². The molecular weight excluding hydrogens is 302 g/mol. The zero-order chi connectivity index (χ0) is 15.9. The van der Waals surface area contributed by atoms with Crippen LogP contribution in [0.15, 0.2) is 0 Å². The third kappa shape index (κ3) is 1.88. The predicted octanol–water partition coefficient (Wildman–Crippen LogP) is 2.77. The van der Waals surface area contributed by atoms with Crippen molar-refractivity contribution in [1.29, 1.82) is 0 Å². The molecular formula is C14H15F4N3O. The lowest BCUT2D eigenvalue weighted by atomic mass is 9.42. The molecule has 0 unspecified atom stereocenters. The van der Waals surface area contributed by atoms with Gasteiger partial charge in [0.15, 0.2) is 0 Å². The second-order valence-corrected chi connectivity index (χ2v) is 7.08. The average molecular weight is 317 g/mol. The van der Waals surface area contributed by atoms with Gasteiger partial charge in [0.2, 0.25) is 0 Å². The molecule has 22 heavy (non-hydrogen) atoms. The van der Waals surface area contributed by atoms with Crippen molar-refractivity contribution in [2.45, 2.75) is 56.4 Å². The normalized spacial score (nSPS) is 33.3. The van der Waals surface area contributed by atoms with Gasteiger partial charge in [-0.1, -0.05) is 0 Å². The second-order valence-electron chi connectivity index (χ2n) is 7.08. The van der Waals surface area contributed by atoms with Crippen molar-refractivity contribution in [2.24, 2.45) is 11.1 Å². The Hall–Kier alpha value is -1.60. The highest BCUT2D eigenvalue weighted by atomic mass is 19.4. The highest BCUT2D eigenvalue weighted by Crippen LogP contribution is 2.70. The summed E-state index contributed by atoms with van der Waals surface area (Å²) in [5.74, 6) is -1.38. The first-order chi connectivity index (χ1) is 10.1. The predicted molar refractivity (Wildman–Crippen MR) is 67.8 cm³/mol. The molecule has 4 aliphatic carbocycles. The van der Waals surface area contributed by atoms with Crippen LogP contribution in [0.2, 0.25) is 0 Å². The van der Waals surface area contributed by atoms with Crippen LogP contribution in [0.1, 0.15) is 59.8 Å². The van der Waals surface area contributed by atoms with Crippen molar-refractivity contribution in [3.05, 3.63) is 17.0 Å². The summed E-state index contributed by atoms with van der Waals surface area (Å²) in [5, 5.41) is 4.05. The number of hydrogen-bond donors (Lipinski definition) is 1. The minimum atomic E-state index is -4.67. The molecule has 8 heteroatoms. The zero-order valence-electron chi connectivity index (χ0n) is 11.7. The summed E-state index contributed by atoms with van der Waals surface area (Å²) in [6.45, 7) is 0.132. The van der Waals surface area contributed by atoms with Crippen LogP contribution < -0.4 is 5.73 Å². The van der Waals surface area contributed by atoms with Gasteiger partial charge in [-0.05, 0) is 37.5 Å². The van der Waals surface area contributed by atoms with Gasteiger partial charge >= 0.3 is 6.18 Å². The van der Waals surface area contributed by atoms with Crippen LogP contribution in [0.4, 0.5) is 17.6 Å². The van der Waals surface area contributed by atoms with Crippen molar-refractivity contribution in [3.63, 3.8) is 0 Å². The number of carbonyl (C=O) groups excluding carboxylic acids is 1. The maximum atomic E-state index is 13.6. The first-order valence-corrected chi connectivity index (χ1v) is 7.29. The summed E-state index contributed by atoms with van der Waals surface area (Å²) in [5.41, 5.74) is 2.04. The summed E-state index contributed by atoms with van der Waals surface area (Å²) in [4.78, 5) is 11.6. The van der Waals surface area contributed by atoms with Crippen molar-refractivity contribution < 1.29 is 22.4 Å². The van der Waals surface area contributed by atoms with Gasteiger partial charge < -0.3 is 5.73 Å². The molecule has 120 valence electrons. The standard InChI is InChI=1S/C14H15F4N3O/c15-13-3-12(4-13,5-13)6-21-10(11(19)22)8(14(16,17)18)9(20-21)7-1-2-7/h7H,1-6H2,(H2,19,22). The number of carbonyl (C=O) groups is 1. The highest BCUT2D eigenvalue weighted by molar-refractivity contribution is 5.93. The van der Waals surface area contributed by atoms with Gasteiger partial charge in [-0.3, -0.25) is 9.48 Å². The first-order valence-electron chi connectivity index (χ1n) is 7.29. The monoisotopic (exact) mass is 317 g/mol. The summed E-state index contributed by atoms with van der Waals surface area (Å²) in [7, 11) is 0. The lowest BCUT2D eigenvalue weighted by Gasteiger charge is -2.65. The van der Waals surface area contributed by atoms with Crippen LogP contribution in [0, 0.1) is 5.41 Å². The fraction of sp³-hybridized carbons (Fsp3) is 0.714. The van der Waals surface area contributed by atoms with Crippen LogP contribution in [0.5, 0.6) is 0 Å². The van der Waals surface area contributed by atoms with Crippen molar-refractivity contribution in [1.82, 2.24) is 9.78 Å². The van der Waals surface area contributed by atoms with Gasteiger partial charge in [0.05, 0.1) is 5.69 Å². The molecule has 4 nitrogen and oxygen atoms in total. The molecule has 0 saturated heterocycles. The summed E-state index contributed by atoms with van der Waals surface area (Å²) < 4.78 is 54.7. The molecule has 0 spiro atoms. The Labute approximate surface area is 123 Å². The zero-order valence-corrected chi connectivity index (χ0v) is 11.7. The molecule has 2 bridgehead atoms. The third-order valence-corrected chi connectivity index (χ3v) is 5.02. The van der Waals surface area contributed by atoms with E-state index < -0.39 is 29.0 Å². The number of halogens is 4. The highest BCUT2D eigenvalue weighted by Gasteiger charge is 2.69. The summed E-state index contributed by atoms with van der Waals surface area (Å²) >= 11 is 0. The number of amides is 1. The fourth-order valence-corrected chi connectivity index (χ4v) is 4.11. The van der Waals surface area contributed by atoms with E-state index in [1.807, 2.05) is 0 Å². The number of hydrogen-bond acceptors (Lipinski definition) is 2. The van der Waals surface area contributed by atoms with Crippen molar-refractivity contribution >= 4 is 5.91 Å². The fourth-order valence-electron chi connectivity index (χ4n) is 4.11. The van der Waals surface area contributed by atoms with E-state index in [4.69, 9.17) is 5.73 Å². The molecule has 4 aliphatic rings. The first kappa shape index (κ1) is 14.0. The van der Waals surface area contributed by atoms with Crippen LogP contribution in [-0.4, -0.2) is 21.4 Å². The Balaban J connectivity index is 1.76. The summed E-state index contributed by atoms with van der Waals surface area (Å²) in [6, 6.07) is 0. The van der Waals surface area contributed by atoms with E-state index in [-0.39, 0.29) is 23.6 Å². The van der Waals surface area contributed by atoms with Crippen LogP contribution in [-0.2, 0) is 12.7 Å². The molecule has 1 amide bonds. The average Bonchev–Trinajstić information content (AvgIpc) is 3.06. The van der Waals surface area contributed by atoms with E-state index in [9.17, 15) is 22.4 Å². The second kappa shape index (κ2) is 3.83. The molecule has 4 fully saturated rings. The number of nitrogens with two attached hydrogens (primary N) is 1. The maximum Gasteiger partial charge on any atom is 0.420 e. The molecule has 5 rings (SSSR count). The molecule has 1 aromatic rings. The van der Waals surface area contributed by atoms with Crippen molar-refractivity contribution in [2.75, 3.05) is 0 Å². The Morgan fingerprint density at radius 2 is 1.91 bits per heavy atom. The molecule has 0 radical (unpaired) electrons. The van der Waals surface area contributed by atoms with Gasteiger partial charge in [0.25, 0.3) is 5.91 Å². The Morgan fingerprint density at radius 1 is 1.32 bits per heavy atom. The lowest BCUT2D eigenvalue weighted by molar-refractivity contribution is -0.221. The van der Waals surface area contributed by atoms with Crippen molar-refractivity contribution in [3.8, 4) is 0 Å². The molecule has 0 aromatic carbocycles. The Kier molecular flexibility index (Phi) is 2.44. The summed E-state index contributed by atoms with van der Waals surface area (Å²) in [6.07, 6.45) is -2.40. The molecule has 1 aromatic heterocycles. The number of primary amides is 1. The molecule has 1 heterocycles. The van der Waals surface area contributed by atoms with Gasteiger partial charge in [-0.25, -0.2) is 4.39 Å². The Morgan fingerprint density at radius 3 is 2.32 bits per heavy atom. The lowest BCUT2D eigenvalue weighted by Crippen LogP contribution is -2.65. The van der Waals surface area contributed by atoms with Crippen LogP contribution >= 0.6 is 0 Å². The molecule has 2 N–H and O–H groups in total. The minimum Gasteiger partial charge on any atom is -0.364 e. The van der Waals surface area contributed by atoms with E-state index in [1.165, 1.54) is 0 Å². The van der Waals surface area contributed by atoms with E-state index in [0.29, 0.717) is 32.1 Å². The van der Waals surface area contributed by atoms with Crippen LogP contribution in [0.3, 0.4) is 0 Å². The van der Waals surface area contributed by atoms with Gasteiger partial charge in [0, 0.05) is 12.5 Å². The Bertz CT molecular complexity index is 655. The number of nitrogens with zero attached hydrogens (tertiary/aromatic N) is 2. The van der Waals surface area contributed by atoms with E-state index in [1.54, 1.807) is 0 Å². The smallest absolute Gasteiger partial charge is 0.364 e. The van der Waals surface area contributed by atoms with E-state index >= 15 is 0 Å². The number of aromatic nitrogens is 2. The molecule has 4 saturated carbocycles. The molecule has 0 atom stereocenters. The van der Waals surface area contributed by atoms with Crippen LogP contribution in [0.25, 0.3) is 0 Å². The largest absolute Gasteiger partial charge is 0.420 e. The van der Waals surface area contributed by atoms with Gasteiger partial charge in [-0.2, -0.15) is 18.3 Å². The SMILES string of the molecule is NC(=O)c1c(C(F)(F)F)c(C2CC2)nn1CC12CC(F)(C1)C2. The van der Waals surface area contributed by atoms with Gasteiger partial charge in [0.1, 0.15) is 16.9 Å². The number of rotatable bonds is 4.